The lowest BCUT2D eigenvalue weighted by molar-refractivity contribution is -0.139. The topological polar surface area (TPSA) is 57.7 Å². The Balaban J connectivity index is 1.74. The normalized spacial score (nSPS) is 16.3. The number of carbonyl (C=O) groups is 1. The second-order valence-corrected chi connectivity index (χ2v) is 9.14. The molecule has 168 valence electrons. The lowest BCUT2D eigenvalue weighted by atomic mass is 9.96. The molecule has 1 amide bonds. The largest absolute Gasteiger partial charge is 0.417 e. The Kier molecular flexibility index (Phi) is 6.70. The fourth-order valence-electron chi connectivity index (χ4n) is 3.72. The van der Waals surface area contributed by atoms with Crippen molar-refractivity contribution in [3.63, 3.8) is 0 Å². The van der Waals surface area contributed by atoms with Gasteiger partial charge in [-0.3, -0.25) is 4.79 Å². The SMILES string of the molecule is CCN(C(=O)C1CCN(S(=O)(=O)c2ccccc2C(F)(F)F)CC1)c1ccc(F)cc1. The van der Waals surface area contributed by atoms with Crippen molar-refractivity contribution in [3.05, 3.63) is 59.9 Å². The summed E-state index contributed by atoms with van der Waals surface area (Å²) in [4.78, 5) is 13.7. The molecule has 1 saturated heterocycles. The van der Waals surface area contributed by atoms with Crippen LogP contribution in [0.3, 0.4) is 0 Å². The zero-order valence-electron chi connectivity index (χ0n) is 16.8. The van der Waals surface area contributed by atoms with E-state index in [0.717, 1.165) is 22.5 Å². The lowest BCUT2D eigenvalue weighted by Crippen LogP contribution is -2.44. The van der Waals surface area contributed by atoms with Crippen LogP contribution in [0.25, 0.3) is 0 Å². The fourth-order valence-corrected chi connectivity index (χ4v) is 5.40. The van der Waals surface area contributed by atoms with Crippen LogP contribution in [0, 0.1) is 11.7 Å². The molecule has 1 aliphatic rings. The van der Waals surface area contributed by atoms with Gasteiger partial charge in [0.15, 0.2) is 0 Å². The maximum absolute atomic E-state index is 13.3. The zero-order chi connectivity index (χ0) is 22.8. The summed E-state index contributed by atoms with van der Waals surface area (Å²) >= 11 is 0. The molecule has 0 radical (unpaired) electrons. The summed E-state index contributed by atoms with van der Waals surface area (Å²) in [5.41, 5.74) is -0.676. The summed E-state index contributed by atoms with van der Waals surface area (Å²) in [6.45, 7) is 1.99. The van der Waals surface area contributed by atoms with E-state index in [-0.39, 0.29) is 31.8 Å². The Labute approximate surface area is 178 Å². The third-order valence-corrected chi connectivity index (χ3v) is 7.29. The van der Waals surface area contributed by atoms with Crippen LogP contribution in [0.2, 0.25) is 0 Å². The number of rotatable bonds is 5. The van der Waals surface area contributed by atoms with Gasteiger partial charge in [-0.15, -0.1) is 0 Å². The first-order valence-electron chi connectivity index (χ1n) is 9.79. The van der Waals surface area contributed by atoms with Gasteiger partial charge in [-0.1, -0.05) is 12.1 Å². The molecule has 2 aromatic rings. The second-order valence-electron chi connectivity index (χ2n) is 7.23. The van der Waals surface area contributed by atoms with Crippen molar-refractivity contribution >= 4 is 21.6 Å². The van der Waals surface area contributed by atoms with Crippen LogP contribution in [0.4, 0.5) is 23.2 Å². The van der Waals surface area contributed by atoms with Gasteiger partial charge < -0.3 is 4.90 Å². The fraction of sp³-hybridized carbons (Fsp3) is 0.381. The molecule has 1 fully saturated rings. The van der Waals surface area contributed by atoms with Crippen LogP contribution in [0.1, 0.15) is 25.3 Å². The van der Waals surface area contributed by atoms with E-state index in [4.69, 9.17) is 0 Å². The minimum atomic E-state index is -4.80. The van der Waals surface area contributed by atoms with Gasteiger partial charge in [0.25, 0.3) is 0 Å². The molecule has 0 atom stereocenters. The number of hydrogen-bond acceptors (Lipinski definition) is 3. The van der Waals surface area contributed by atoms with Crippen molar-refractivity contribution in [1.29, 1.82) is 0 Å². The van der Waals surface area contributed by atoms with E-state index in [1.807, 2.05) is 0 Å². The predicted molar refractivity (Wildman–Crippen MR) is 107 cm³/mol. The van der Waals surface area contributed by atoms with Gasteiger partial charge in [0.05, 0.1) is 10.5 Å². The van der Waals surface area contributed by atoms with Gasteiger partial charge in [0.1, 0.15) is 5.82 Å². The van der Waals surface area contributed by atoms with Crippen molar-refractivity contribution in [3.8, 4) is 0 Å². The molecule has 2 aromatic carbocycles. The van der Waals surface area contributed by atoms with Crippen molar-refractivity contribution in [2.45, 2.75) is 30.8 Å². The van der Waals surface area contributed by atoms with E-state index in [1.165, 1.54) is 35.2 Å². The van der Waals surface area contributed by atoms with E-state index in [9.17, 15) is 30.8 Å². The highest BCUT2D eigenvalue weighted by Crippen LogP contribution is 2.36. The minimum absolute atomic E-state index is 0.0636. The Morgan fingerprint density at radius 3 is 2.19 bits per heavy atom. The van der Waals surface area contributed by atoms with E-state index in [1.54, 1.807) is 6.92 Å². The van der Waals surface area contributed by atoms with Crippen LogP contribution >= 0.6 is 0 Å². The number of amides is 1. The maximum atomic E-state index is 13.3. The molecule has 0 unspecified atom stereocenters. The lowest BCUT2D eigenvalue weighted by Gasteiger charge is -2.33. The number of hydrogen-bond donors (Lipinski definition) is 0. The first-order valence-corrected chi connectivity index (χ1v) is 11.2. The maximum Gasteiger partial charge on any atom is 0.417 e. The molecule has 1 aliphatic heterocycles. The van der Waals surface area contributed by atoms with E-state index >= 15 is 0 Å². The van der Waals surface area contributed by atoms with Gasteiger partial charge in [0.2, 0.25) is 15.9 Å². The van der Waals surface area contributed by atoms with Crippen LogP contribution < -0.4 is 4.90 Å². The zero-order valence-corrected chi connectivity index (χ0v) is 17.6. The first kappa shape index (κ1) is 23.2. The third-order valence-electron chi connectivity index (χ3n) is 5.33. The Hall–Kier alpha value is -2.46. The van der Waals surface area contributed by atoms with E-state index in [2.05, 4.69) is 0 Å². The molecule has 0 spiro atoms. The highest BCUT2D eigenvalue weighted by molar-refractivity contribution is 7.89. The molecule has 31 heavy (non-hydrogen) atoms. The van der Waals surface area contributed by atoms with Crippen LogP contribution in [0.15, 0.2) is 53.4 Å². The molecule has 0 aliphatic carbocycles. The van der Waals surface area contributed by atoms with Crippen molar-refractivity contribution in [1.82, 2.24) is 4.31 Å². The van der Waals surface area contributed by atoms with Gasteiger partial charge >= 0.3 is 6.18 Å². The molecule has 0 saturated carbocycles. The quantitative estimate of drug-likeness (QED) is 0.628. The highest BCUT2D eigenvalue weighted by Gasteiger charge is 2.40. The number of carbonyl (C=O) groups excluding carboxylic acids is 1. The number of sulfonamides is 1. The molecular formula is C21H22F4N2O3S. The summed E-state index contributed by atoms with van der Waals surface area (Å²) in [6, 6.07) is 9.56. The number of anilines is 1. The van der Waals surface area contributed by atoms with Gasteiger partial charge in [-0.2, -0.15) is 17.5 Å². The van der Waals surface area contributed by atoms with Gasteiger partial charge in [-0.25, -0.2) is 12.8 Å². The standard InChI is InChI=1S/C21H22F4N2O3S/c1-2-27(17-9-7-16(22)8-10-17)20(28)15-11-13-26(14-12-15)31(29,30)19-6-4-3-5-18(19)21(23,24)25/h3-10,15H,2,11-14H2,1H3. The summed E-state index contributed by atoms with van der Waals surface area (Å²) in [5, 5.41) is 0. The summed E-state index contributed by atoms with van der Waals surface area (Å²) < 4.78 is 79.7. The van der Waals surface area contributed by atoms with Crippen molar-refractivity contribution in [2.75, 3.05) is 24.5 Å². The summed E-state index contributed by atoms with van der Waals surface area (Å²) in [5.74, 6) is -1.12. The van der Waals surface area contributed by atoms with Crippen LogP contribution in [-0.4, -0.2) is 38.3 Å². The van der Waals surface area contributed by atoms with Crippen molar-refractivity contribution < 1.29 is 30.8 Å². The Morgan fingerprint density at radius 1 is 1.06 bits per heavy atom. The molecule has 3 rings (SSSR count). The number of piperidine rings is 1. The molecule has 10 heteroatoms. The minimum Gasteiger partial charge on any atom is -0.312 e. The monoisotopic (exact) mass is 458 g/mol. The molecule has 0 N–H and O–H groups in total. The Morgan fingerprint density at radius 2 is 1.65 bits per heavy atom. The average molecular weight is 458 g/mol. The van der Waals surface area contributed by atoms with Gasteiger partial charge in [-0.05, 0) is 56.2 Å². The number of nitrogens with zero attached hydrogens (tertiary/aromatic N) is 2. The summed E-state index contributed by atoms with van der Waals surface area (Å²) in [6.07, 6.45) is -4.43. The van der Waals surface area contributed by atoms with Gasteiger partial charge in [0, 0.05) is 31.2 Å². The smallest absolute Gasteiger partial charge is 0.312 e. The van der Waals surface area contributed by atoms with Crippen LogP contribution in [-0.2, 0) is 21.0 Å². The average Bonchev–Trinajstić information content (AvgIpc) is 2.75. The summed E-state index contributed by atoms with van der Waals surface area (Å²) in [7, 11) is -4.36. The van der Waals surface area contributed by atoms with Crippen molar-refractivity contribution in [2.24, 2.45) is 5.92 Å². The third kappa shape index (κ3) is 4.90. The Bertz CT molecular complexity index is 1030. The molecule has 5 nitrogen and oxygen atoms in total. The molecule has 1 heterocycles. The van der Waals surface area contributed by atoms with E-state index in [0.29, 0.717) is 12.2 Å². The van der Waals surface area contributed by atoms with Crippen LogP contribution in [0.5, 0.6) is 0 Å². The number of alkyl halides is 3. The molecular weight excluding hydrogens is 436 g/mol. The molecule has 0 bridgehead atoms. The van der Waals surface area contributed by atoms with E-state index < -0.39 is 38.4 Å². The highest BCUT2D eigenvalue weighted by atomic mass is 32.2. The number of halogens is 4. The first-order chi connectivity index (χ1) is 14.6. The molecule has 0 aromatic heterocycles. The predicted octanol–water partition coefficient (Wildman–Crippen LogP) is 4.30. The number of benzene rings is 2. The second kappa shape index (κ2) is 8.96.